The maximum Gasteiger partial charge on any atom is 0.119 e. The van der Waals surface area contributed by atoms with Crippen molar-refractivity contribution in [2.45, 2.75) is 18.9 Å². The van der Waals surface area contributed by atoms with Crippen molar-refractivity contribution < 1.29 is 9.84 Å². The first-order chi connectivity index (χ1) is 6.31. The number of aliphatic hydroxyl groups is 1. The van der Waals surface area contributed by atoms with Crippen LogP contribution in [0.15, 0.2) is 24.3 Å². The fraction of sp³-hybridized carbons (Fsp3) is 0.455. The quantitative estimate of drug-likeness (QED) is 0.768. The molecule has 70 valence electrons. The summed E-state index contributed by atoms with van der Waals surface area (Å²) < 4.78 is 5.09. The summed E-state index contributed by atoms with van der Waals surface area (Å²) in [4.78, 5) is 0. The molecule has 1 aliphatic carbocycles. The molecule has 1 saturated carbocycles. The molecule has 2 heteroatoms. The molecule has 2 rings (SSSR count). The van der Waals surface area contributed by atoms with Gasteiger partial charge < -0.3 is 9.84 Å². The molecule has 1 aliphatic rings. The number of hydrogen-bond donors (Lipinski definition) is 1. The molecule has 0 bridgehead atoms. The molecule has 13 heavy (non-hydrogen) atoms. The molecule has 1 N–H and O–H groups in total. The minimum atomic E-state index is -0.296. The van der Waals surface area contributed by atoms with Crippen molar-refractivity contribution >= 4 is 0 Å². The van der Waals surface area contributed by atoms with E-state index >= 15 is 0 Å². The Kier molecular flexibility index (Phi) is 2.23. The van der Waals surface area contributed by atoms with Gasteiger partial charge in [0.1, 0.15) is 5.75 Å². The Labute approximate surface area is 78.2 Å². The fourth-order valence-electron chi connectivity index (χ4n) is 1.51. The fourth-order valence-corrected chi connectivity index (χ4v) is 1.51. The topological polar surface area (TPSA) is 29.5 Å². The van der Waals surface area contributed by atoms with Gasteiger partial charge in [0.2, 0.25) is 0 Å². The highest BCUT2D eigenvalue weighted by Crippen LogP contribution is 2.41. The van der Waals surface area contributed by atoms with Gasteiger partial charge in [0.05, 0.1) is 13.2 Å². The number of benzene rings is 1. The molecule has 1 aromatic carbocycles. The van der Waals surface area contributed by atoms with Gasteiger partial charge in [-0.05, 0) is 36.5 Å². The zero-order valence-electron chi connectivity index (χ0n) is 7.73. The highest BCUT2D eigenvalue weighted by Gasteiger charge is 2.30. The summed E-state index contributed by atoms with van der Waals surface area (Å²) in [6, 6.07) is 7.66. The molecule has 0 unspecified atom stereocenters. The average molecular weight is 178 g/mol. The second-order valence-electron chi connectivity index (χ2n) is 3.56. The van der Waals surface area contributed by atoms with E-state index in [0.29, 0.717) is 5.92 Å². The number of ether oxygens (including phenoxy) is 1. The minimum absolute atomic E-state index is 0.296. The summed E-state index contributed by atoms with van der Waals surface area (Å²) in [5.41, 5.74) is 0.974. The van der Waals surface area contributed by atoms with Crippen molar-refractivity contribution in [3.63, 3.8) is 0 Å². The molecule has 0 radical (unpaired) electrons. The molecule has 0 aromatic heterocycles. The van der Waals surface area contributed by atoms with Gasteiger partial charge in [0.25, 0.3) is 0 Å². The second-order valence-corrected chi connectivity index (χ2v) is 3.56. The SMILES string of the molecule is COc1cccc([C@@H](O)C2CC2)c1. The van der Waals surface area contributed by atoms with Gasteiger partial charge in [-0.3, -0.25) is 0 Å². The van der Waals surface area contributed by atoms with E-state index in [1.807, 2.05) is 24.3 Å². The lowest BCUT2D eigenvalue weighted by molar-refractivity contribution is 0.153. The second kappa shape index (κ2) is 3.38. The Balaban J connectivity index is 2.18. The highest BCUT2D eigenvalue weighted by atomic mass is 16.5. The molecule has 1 fully saturated rings. The van der Waals surface area contributed by atoms with Crippen LogP contribution in [0.4, 0.5) is 0 Å². The Bertz CT molecular complexity index is 292. The van der Waals surface area contributed by atoms with Crippen molar-refractivity contribution in [2.24, 2.45) is 5.92 Å². The van der Waals surface area contributed by atoms with Crippen LogP contribution in [0, 0.1) is 5.92 Å². The van der Waals surface area contributed by atoms with E-state index in [0.717, 1.165) is 24.2 Å². The van der Waals surface area contributed by atoms with E-state index in [1.54, 1.807) is 7.11 Å². The monoisotopic (exact) mass is 178 g/mol. The summed E-state index contributed by atoms with van der Waals surface area (Å²) in [6.45, 7) is 0. The van der Waals surface area contributed by atoms with Crippen molar-refractivity contribution in [1.29, 1.82) is 0 Å². The Morgan fingerprint density at radius 3 is 2.85 bits per heavy atom. The normalized spacial score (nSPS) is 18.3. The smallest absolute Gasteiger partial charge is 0.119 e. The van der Waals surface area contributed by atoms with E-state index in [1.165, 1.54) is 0 Å². The Morgan fingerprint density at radius 2 is 2.23 bits per heavy atom. The van der Waals surface area contributed by atoms with Crippen LogP contribution in [0.25, 0.3) is 0 Å². The molecule has 0 saturated heterocycles. The standard InChI is InChI=1S/C11H14O2/c1-13-10-4-2-3-9(7-10)11(12)8-5-6-8/h2-4,7-8,11-12H,5-6H2,1H3/t11-/m0/s1. The van der Waals surface area contributed by atoms with Gasteiger partial charge in [0, 0.05) is 0 Å². The first-order valence-corrected chi connectivity index (χ1v) is 4.63. The number of rotatable bonds is 3. The first kappa shape index (κ1) is 8.57. The van der Waals surface area contributed by atoms with Gasteiger partial charge in [0.15, 0.2) is 0 Å². The summed E-state index contributed by atoms with van der Waals surface area (Å²) in [7, 11) is 1.64. The van der Waals surface area contributed by atoms with Crippen LogP contribution in [0.3, 0.4) is 0 Å². The lowest BCUT2D eigenvalue weighted by Gasteiger charge is -2.10. The zero-order chi connectivity index (χ0) is 9.26. The van der Waals surface area contributed by atoms with Crippen LogP contribution in [0.1, 0.15) is 24.5 Å². The van der Waals surface area contributed by atoms with Crippen molar-refractivity contribution in [1.82, 2.24) is 0 Å². The van der Waals surface area contributed by atoms with E-state index < -0.39 is 0 Å². The third kappa shape index (κ3) is 1.83. The molecule has 2 nitrogen and oxygen atoms in total. The summed E-state index contributed by atoms with van der Waals surface area (Å²) in [5, 5.41) is 9.82. The molecular formula is C11H14O2. The van der Waals surface area contributed by atoms with Gasteiger partial charge >= 0.3 is 0 Å². The highest BCUT2D eigenvalue weighted by molar-refractivity contribution is 5.30. The summed E-state index contributed by atoms with van der Waals surface area (Å²) in [5.74, 6) is 1.30. The molecule has 1 aromatic rings. The van der Waals surface area contributed by atoms with Crippen LogP contribution in [-0.4, -0.2) is 12.2 Å². The lowest BCUT2D eigenvalue weighted by Crippen LogP contribution is -1.99. The Hall–Kier alpha value is -1.02. The minimum Gasteiger partial charge on any atom is -0.497 e. The van der Waals surface area contributed by atoms with Crippen LogP contribution >= 0.6 is 0 Å². The predicted octanol–water partition coefficient (Wildman–Crippen LogP) is 2.14. The maximum absolute atomic E-state index is 9.82. The van der Waals surface area contributed by atoms with Gasteiger partial charge in [-0.1, -0.05) is 12.1 Å². The van der Waals surface area contributed by atoms with Crippen LogP contribution < -0.4 is 4.74 Å². The number of hydrogen-bond acceptors (Lipinski definition) is 2. The first-order valence-electron chi connectivity index (χ1n) is 4.63. The average Bonchev–Trinajstić information content (AvgIpc) is 3.00. The largest absolute Gasteiger partial charge is 0.497 e. The van der Waals surface area contributed by atoms with E-state index in [-0.39, 0.29) is 6.10 Å². The van der Waals surface area contributed by atoms with E-state index in [4.69, 9.17) is 4.74 Å². The maximum atomic E-state index is 9.82. The number of aliphatic hydroxyl groups excluding tert-OH is 1. The van der Waals surface area contributed by atoms with Gasteiger partial charge in [-0.2, -0.15) is 0 Å². The van der Waals surface area contributed by atoms with E-state index in [2.05, 4.69) is 0 Å². The van der Waals surface area contributed by atoms with Crippen LogP contribution in [0.5, 0.6) is 5.75 Å². The summed E-state index contributed by atoms with van der Waals surface area (Å²) >= 11 is 0. The third-order valence-corrected chi connectivity index (χ3v) is 2.50. The summed E-state index contributed by atoms with van der Waals surface area (Å²) in [6.07, 6.45) is 2.01. The van der Waals surface area contributed by atoms with Crippen LogP contribution in [-0.2, 0) is 0 Å². The molecule has 0 amide bonds. The van der Waals surface area contributed by atoms with E-state index in [9.17, 15) is 5.11 Å². The zero-order valence-corrected chi connectivity index (χ0v) is 7.73. The lowest BCUT2D eigenvalue weighted by atomic mass is 10.1. The van der Waals surface area contributed by atoms with Gasteiger partial charge in [-0.15, -0.1) is 0 Å². The van der Waals surface area contributed by atoms with Crippen molar-refractivity contribution in [3.05, 3.63) is 29.8 Å². The number of methoxy groups -OCH3 is 1. The third-order valence-electron chi connectivity index (χ3n) is 2.50. The van der Waals surface area contributed by atoms with Crippen LogP contribution in [0.2, 0.25) is 0 Å². The molecular weight excluding hydrogens is 164 g/mol. The molecule has 1 atom stereocenters. The molecule has 0 spiro atoms. The van der Waals surface area contributed by atoms with Gasteiger partial charge in [-0.25, -0.2) is 0 Å². The molecule has 0 aliphatic heterocycles. The van der Waals surface area contributed by atoms with Crippen molar-refractivity contribution in [2.75, 3.05) is 7.11 Å². The predicted molar refractivity (Wildman–Crippen MR) is 50.7 cm³/mol. The Morgan fingerprint density at radius 1 is 1.46 bits per heavy atom. The molecule has 0 heterocycles. The van der Waals surface area contributed by atoms with Crippen molar-refractivity contribution in [3.8, 4) is 5.75 Å².